The lowest BCUT2D eigenvalue weighted by Gasteiger charge is -2.18. The van der Waals surface area contributed by atoms with Crippen molar-refractivity contribution in [3.05, 3.63) is 28.0 Å². The summed E-state index contributed by atoms with van der Waals surface area (Å²) in [6.45, 7) is 6.07. The molecule has 0 fully saturated rings. The van der Waals surface area contributed by atoms with Gasteiger partial charge in [-0.25, -0.2) is 4.39 Å². The molecule has 1 aromatic rings. The van der Waals surface area contributed by atoms with Crippen molar-refractivity contribution in [3.8, 4) is 5.75 Å². The fourth-order valence-corrected chi connectivity index (χ4v) is 2.25. The van der Waals surface area contributed by atoms with Crippen LogP contribution in [-0.2, 0) is 6.54 Å². The van der Waals surface area contributed by atoms with Crippen LogP contribution >= 0.6 is 15.9 Å². The summed E-state index contributed by atoms with van der Waals surface area (Å²) in [6, 6.07) is 3.11. The first kappa shape index (κ1) is 16.4. The Kier molecular flexibility index (Phi) is 7.34. The predicted molar refractivity (Wildman–Crippen MR) is 79.9 cm³/mol. The van der Waals surface area contributed by atoms with Gasteiger partial charge in [-0.05, 0) is 60.9 Å². The van der Waals surface area contributed by atoms with Crippen LogP contribution in [0.5, 0.6) is 5.75 Å². The van der Waals surface area contributed by atoms with E-state index in [1.165, 1.54) is 6.07 Å². The molecule has 0 aliphatic heterocycles. The van der Waals surface area contributed by atoms with E-state index in [4.69, 9.17) is 10.5 Å². The molecule has 3 nitrogen and oxygen atoms in total. The zero-order valence-electron chi connectivity index (χ0n) is 11.5. The number of nitrogens with two attached hydrogens (primary N) is 1. The standard InChI is InChI=1S/C14H22BrFN2O/c1-3-18-9-11-13(7-6-12(16)14(11)15)19-10(2)5-4-8-17/h6-7,10,18H,3-5,8-9,17H2,1-2H3. The van der Waals surface area contributed by atoms with Gasteiger partial charge in [0.05, 0.1) is 10.6 Å². The zero-order chi connectivity index (χ0) is 14.3. The first-order valence-electron chi connectivity index (χ1n) is 6.64. The Hall–Kier alpha value is -0.650. The van der Waals surface area contributed by atoms with Gasteiger partial charge in [0.1, 0.15) is 11.6 Å². The average molecular weight is 333 g/mol. The first-order chi connectivity index (χ1) is 9.10. The van der Waals surface area contributed by atoms with Gasteiger partial charge in [-0.1, -0.05) is 6.92 Å². The van der Waals surface area contributed by atoms with Gasteiger partial charge in [0.25, 0.3) is 0 Å². The second-order valence-corrected chi connectivity index (χ2v) is 5.27. The van der Waals surface area contributed by atoms with E-state index in [2.05, 4.69) is 21.2 Å². The molecule has 19 heavy (non-hydrogen) atoms. The highest BCUT2D eigenvalue weighted by atomic mass is 79.9. The molecule has 0 saturated carbocycles. The van der Waals surface area contributed by atoms with E-state index in [0.29, 0.717) is 17.6 Å². The van der Waals surface area contributed by atoms with Crippen molar-refractivity contribution in [3.63, 3.8) is 0 Å². The summed E-state index contributed by atoms with van der Waals surface area (Å²) < 4.78 is 19.9. The summed E-state index contributed by atoms with van der Waals surface area (Å²) in [5.74, 6) is 0.452. The molecule has 0 amide bonds. The van der Waals surface area contributed by atoms with E-state index < -0.39 is 0 Å². The maximum atomic E-state index is 13.6. The largest absolute Gasteiger partial charge is 0.490 e. The molecule has 0 saturated heterocycles. The lowest BCUT2D eigenvalue weighted by molar-refractivity contribution is 0.206. The lowest BCUT2D eigenvalue weighted by atomic mass is 10.1. The summed E-state index contributed by atoms with van der Waals surface area (Å²) in [7, 11) is 0. The molecular weight excluding hydrogens is 311 g/mol. The maximum absolute atomic E-state index is 13.6. The number of hydrogen-bond donors (Lipinski definition) is 2. The molecular formula is C14H22BrFN2O. The third-order valence-corrected chi connectivity index (χ3v) is 3.71. The highest BCUT2D eigenvalue weighted by Crippen LogP contribution is 2.30. The maximum Gasteiger partial charge on any atom is 0.137 e. The van der Waals surface area contributed by atoms with Crippen LogP contribution in [0, 0.1) is 5.82 Å². The van der Waals surface area contributed by atoms with Crippen molar-refractivity contribution < 1.29 is 9.13 Å². The SMILES string of the molecule is CCNCc1c(OC(C)CCCN)ccc(F)c1Br. The third kappa shape index (κ3) is 5.09. The van der Waals surface area contributed by atoms with Gasteiger partial charge in [0.15, 0.2) is 0 Å². The molecule has 0 aromatic heterocycles. The molecule has 5 heteroatoms. The summed E-state index contributed by atoms with van der Waals surface area (Å²) in [6.07, 6.45) is 1.89. The molecule has 0 heterocycles. The van der Waals surface area contributed by atoms with Gasteiger partial charge in [0, 0.05) is 12.1 Å². The minimum Gasteiger partial charge on any atom is -0.490 e. The van der Waals surface area contributed by atoms with Gasteiger partial charge in [-0.15, -0.1) is 0 Å². The molecule has 1 aromatic carbocycles. The second kappa shape index (κ2) is 8.51. The number of halogens is 2. The molecule has 108 valence electrons. The molecule has 0 spiro atoms. The molecule has 1 unspecified atom stereocenters. The Labute approximate surface area is 122 Å². The third-order valence-electron chi connectivity index (χ3n) is 2.85. The van der Waals surface area contributed by atoms with Gasteiger partial charge < -0.3 is 15.8 Å². The van der Waals surface area contributed by atoms with E-state index in [0.717, 1.165) is 30.7 Å². The van der Waals surface area contributed by atoms with E-state index in [1.807, 2.05) is 13.8 Å². The Bertz CT molecular complexity index is 401. The Morgan fingerprint density at radius 1 is 1.47 bits per heavy atom. The molecule has 0 aliphatic rings. The van der Waals surface area contributed by atoms with Crippen LogP contribution in [0.2, 0.25) is 0 Å². The minimum atomic E-state index is -0.269. The smallest absolute Gasteiger partial charge is 0.137 e. The second-order valence-electron chi connectivity index (χ2n) is 4.48. The predicted octanol–water partition coefficient (Wildman–Crippen LogP) is 3.20. The monoisotopic (exact) mass is 332 g/mol. The highest BCUT2D eigenvalue weighted by Gasteiger charge is 2.14. The Morgan fingerprint density at radius 2 is 2.21 bits per heavy atom. The topological polar surface area (TPSA) is 47.3 Å². The summed E-state index contributed by atoms with van der Waals surface area (Å²) in [5, 5.41) is 3.19. The van der Waals surface area contributed by atoms with Crippen LogP contribution < -0.4 is 15.8 Å². The van der Waals surface area contributed by atoms with Crippen molar-refractivity contribution in [2.24, 2.45) is 5.73 Å². The van der Waals surface area contributed by atoms with Crippen molar-refractivity contribution >= 4 is 15.9 Å². The van der Waals surface area contributed by atoms with Crippen molar-refractivity contribution in [1.82, 2.24) is 5.32 Å². The molecule has 0 aliphatic carbocycles. The fraction of sp³-hybridized carbons (Fsp3) is 0.571. The molecule has 0 radical (unpaired) electrons. The van der Waals surface area contributed by atoms with Crippen LogP contribution in [0.4, 0.5) is 4.39 Å². The van der Waals surface area contributed by atoms with Crippen LogP contribution in [-0.4, -0.2) is 19.2 Å². The molecule has 1 rings (SSSR count). The number of nitrogens with one attached hydrogen (secondary N) is 1. The Morgan fingerprint density at radius 3 is 2.84 bits per heavy atom. The summed E-state index contributed by atoms with van der Waals surface area (Å²) in [4.78, 5) is 0. The van der Waals surface area contributed by atoms with Crippen molar-refractivity contribution in [2.45, 2.75) is 39.3 Å². The van der Waals surface area contributed by atoms with Crippen LogP contribution in [0.25, 0.3) is 0 Å². The van der Waals surface area contributed by atoms with Gasteiger partial charge in [-0.3, -0.25) is 0 Å². The quantitative estimate of drug-likeness (QED) is 0.768. The van der Waals surface area contributed by atoms with Crippen LogP contribution in [0.15, 0.2) is 16.6 Å². The van der Waals surface area contributed by atoms with Gasteiger partial charge in [0.2, 0.25) is 0 Å². The van der Waals surface area contributed by atoms with E-state index >= 15 is 0 Å². The number of ether oxygens (including phenoxy) is 1. The molecule has 0 bridgehead atoms. The average Bonchev–Trinajstić information content (AvgIpc) is 2.40. The van der Waals surface area contributed by atoms with Crippen molar-refractivity contribution in [1.29, 1.82) is 0 Å². The normalized spacial score (nSPS) is 12.5. The van der Waals surface area contributed by atoms with Gasteiger partial charge in [-0.2, -0.15) is 0 Å². The first-order valence-corrected chi connectivity index (χ1v) is 7.43. The highest BCUT2D eigenvalue weighted by molar-refractivity contribution is 9.10. The molecule has 1 atom stereocenters. The fourth-order valence-electron chi connectivity index (χ4n) is 1.78. The zero-order valence-corrected chi connectivity index (χ0v) is 13.1. The Balaban J connectivity index is 2.83. The minimum absolute atomic E-state index is 0.0706. The summed E-state index contributed by atoms with van der Waals surface area (Å²) in [5.41, 5.74) is 6.31. The molecule has 3 N–H and O–H groups in total. The number of hydrogen-bond acceptors (Lipinski definition) is 3. The van der Waals surface area contributed by atoms with Gasteiger partial charge >= 0.3 is 0 Å². The number of benzene rings is 1. The van der Waals surface area contributed by atoms with E-state index in [1.54, 1.807) is 6.07 Å². The van der Waals surface area contributed by atoms with Crippen molar-refractivity contribution in [2.75, 3.05) is 13.1 Å². The van der Waals surface area contributed by atoms with Crippen LogP contribution in [0.1, 0.15) is 32.3 Å². The number of rotatable bonds is 8. The van der Waals surface area contributed by atoms with Crippen LogP contribution in [0.3, 0.4) is 0 Å². The van der Waals surface area contributed by atoms with E-state index in [9.17, 15) is 4.39 Å². The lowest BCUT2D eigenvalue weighted by Crippen LogP contribution is -2.18. The summed E-state index contributed by atoms with van der Waals surface area (Å²) >= 11 is 3.29. The van der Waals surface area contributed by atoms with E-state index in [-0.39, 0.29) is 11.9 Å².